The Hall–Kier alpha value is -0.130. The van der Waals surface area contributed by atoms with Gasteiger partial charge >= 0.3 is 0 Å². The van der Waals surface area contributed by atoms with Crippen LogP contribution in [0.1, 0.15) is 19.8 Å². The van der Waals surface area contributed by atoms with Crippen molar-refractivity contribution in [3.8, 4) is 0 Å². The van der Waals surface area contributed by atoms with Gasteiger partial charge in [0.1, 0.15) is 6.29 Å². The maximum atomic E-state index is 11.7. The molecule has 80 valence electrons. The zero-order chi connectivity index (χ0) is 10.3. The van der Waals surface area contributed by atoms with Gasteiger partial charge in [0.05, 0.1) is 5.92 Å². The third-order valence-corrected chi connectivity index (χ3v) is 4.72. The van der Waals surface area contributed by atoms with Crippen LogP contribution in [0, 0.1) is 11.8 Å². The lowest BCUT2D eigenvalue weighted by molar-refractivity contribution is -0.130. The molecule has 0 aromatic heterocycles. The van der Waals surface area contributed by atoms with E-state index in [2.05, 4.69) is 33.5 Å². The van der Waals surface area contributed by atoms with Crippen molar-refractivity contribution in [3.63, 3.8) is 0 Å². The summed E-state index contributed by atoms with van der Waals surface area (Å²) in [6, 6.07) is 0.235. The molecular weight excluding hydrogens is 246 g/mol. The highest BCUT2D eigenvalue weighted by molar-refractivity contribution is 9.09. The van der Waals surface area contributed by atoms with Crippen LogP contribution in [0.25, 0.3) is 0 Å². The topological polar surface area (TPSA) is 67.2 Å². The SMILES string of the molecule is CC1CCC2NC(N)NC(=O)C2C1Br. The van der Waals surface area contributed by atoms with Gasteiger partial charge in [0.15, 0.2) is 0 Å². The zero-order valence-corrected chi connectivity index (χ0v) is 9.75. The quantitative estimate of drug-likeness (QED) is 0.543. The normalized spacial score (nSPS) is 48.2. The Balaban J connectivity index is 2.15. The fourth-order valence-corrected chi connectivity index (χ4v) is 3.27. The molecule has 2 fully saturated rings. The predicted molar refractivity (Wildman–Crippen MR) is 57.6 cm³/mol. The summed E-state index contributed by atoms with van der Waals surface area (Å²) in [5.41, 5.74) is 5.65. The van der Waals surface area contributed by atoms with Crippen LogP contribution in [0.5, 0.6) is 0 Å². The minimum atomic E-state index is -0.378. The summed E-state index contributed by atoms with van der Waals surface area (Å²) in [6.45, 7) is 2.18. The van der Waals surface area contributed by atoms with Crippen molar-refractivity contribution < 1.29 is 4.79 Å². The number of hydrogen-bond acceptors (Lipinski definition) is 3. The second-order valence-corrected chi connectivity index (χ2v) is 5.34. The molecule has 4 N–H and O–H groups in total. The first-order valence-electron chi connectivity index (χ1n) is 5.05. The average molecular weight is 262 g/mol. The van der Waals surface area contributed by atoms with Crippen molar-refractivity contribution in [2.45, 2.75) is 36.9 Å². The smallest absolute Gasteiger partial charge is 0.228 e. The molecule has 1 heterocycles. The predicted octanol–water partition coefficient (Wildman–Crippen LogP) is 0.126. The van der Waals surface area contributed by atoms with Crippen LogP contribution in [-0.4, -0.2) is 23.1 Å². The third kappa shape index (κ3) is 1.68. The third-order valence-electron chi connectivity index (χ3n) is 3.25. The van der Waals surface area contributed by atoms with Gasteiger partial charge in [-0.05, 0) is 18.8 Å². The number of fused-ring (bicyclic) bond motifs is 1. The number of rotatable bonds is 0. The van der Waals surface area contributed by atoms with Gasteiger partial charge in [-0.25, -0.2) is 0 Å². The number of halogens is 1. The van der Waals surface area contributed by atoms with Gasteiger partial charge < -0.3 is 5.32 Å². The van der Waals surface area contributed by atoms with E-state index in [1.54, 1.807) is 0 Å². The summed E-state index contributed by atoms with van der Waals surface area (Å²) in [7, 11) is 0. The number of carbonyl (C=O) groups is 1. The molecule has 0 bridgehead atoms. The molecule has 2 aliphatic rings. The van der Waals surface area contributed by atoms with E-state index < -0.39 is 0 Å². The number of alkyl halides is 1. The summed E-state index contributed by atoms with van der Waals surface area (Å²) >= 11 is 3.61. The summed E-state index contributed by atoms with van der Waals surface area (Å²) in [5, 5.41) is 5.94. The molecule has 1 saturated heterocycles. The molecule has 5 heteroatoms. The Morgan fingerprint density at radius 1 is 1.50 bits per heavy atom. The molecule has 5 unspecified atom stereocenters. The lowest BCUT2D eigenvalue weighted by Gasteiger charge is -2.43. The van der Waals surface area contributed by atoms with Crippen molar-refractivity contribution >= 4 is 21.8 Å². The van der Waals surface area contributed by atoms with E-state index >= 15 is 0 Å². The Bertz CT molecular complexity index is 248. The van der Waals surface area contributed by atoms with Crippen molar-refractivity contribution in [3.05, 3.63) is 0 Å². The largest absolute Gasteiger partial charge is 0.328 e. The van der Waals surface area contributed by atoms with Crippen LogP contribution in [0.2, 0.25) is 0 Å². The number of nitrogens with two attached hydrogens (primary N) is 1. The second-order valence-electron chi connectivity index (χ2n) is 4.28. The molecule has 1 aliphatic carbocycles. The van der Waals surface area contributed by atoms with E-state index in [0.29, 0.717) is 5.92 Å². The lowest BCUT2D eigenvalue weighted by atomic mass is 9.77. The highest BCUT2D eigenvalue weighted by atomic mass is 79.9. The van der Waals surface area contributed by atoms with Crippen LogP contribution >= 0.6 is 15.9 Å². The van der Waals surface area contributed by atoms with Gasteiger partial charge in [-0.1, -0.05) is 22.9 Å². The standard InChI is InChI=1S/C9H16BrN3O/c1-4-2-3-5-6(7(4)10)8(14)13-9(11)12-5/h4-7,9,12H,2-3,11H2,1H3,(H,13,14). The Morgan fingerprint density at radius 2 is 2.21 bits per heavy atom. The van der Waals surface area contributed by atoms with Gasteiger partial charge in [-0.3, -0.25) is 15.8 Å². The molecule has 4 nitrogen and oxygen atoms in total. The van der Waals surface area contributed by atoms with Gasteiger partial charge in [0, 0.05) is 10.9 Å². The first-order chi connectivity index (χ1) is 6.59. The molecule has 0 spiro atoms. The second kappa shape index (κ2) is 3.79. The van der Waals surface area contributed by atoms with E-state index in [-0.39, 0.29) is 29.0 Å². The van der Waals surface area contributed by atoms with Gasteiger partial charge in [-0.2, -0.15) is 0 Å². The summed E-state index contributed by atoms with van der Waals surface area (Å²) in [4.78, 5) is 12.0. The van der Waals surface area contributed by atoms with Crippen molar-refractivity contribution in [2.75, 3.05) is 0 Å². The summed E-state index contributed by atoms with van der Waals surface area (Å²) in [5.74, 6) is 0.659. The zero-order valence-electron chi connectivity index (χ0n) is 8.16. The number of hydrogen-bond donors (Lipinski definition) is 3. The van der Waals surface area contributed by atoms with Crippen molar-refractivity contribution in [1.82, 2.24) is 10.6 Å². The van der Waals surface area contributed by atoms with Crippen LogP contribution in [0.3, 0.4) is 0 Å². The molecule has 1 amide bonds. The van der Waals surface area contributed by atoms with Crippen LogP contribution < -0.4 is 16.4 Å². The molecular formula is C9H16BrN3O. The fraction of sp³-hybridized carbons (Fsp3) is 0.889. The average Bonchev–Trinajstić information content (AvgIpc) is 2.10. The Morgan fingerprint density at radius 3 is 2.93 bits per heavy atom. The monoisotopic (exact) mass is 261 g/mol. The molecule has 0 aromatic carbocycles. The van der Waals surface area contributed by atoms with E-state index in [9.17, 15) is 4.79 Å². The minimum absolute atomic E-state index is 0.0264. The van der Waals surface area contributed by atoms with Crippen molar-refractivity contribution in [2.24, 2.45) is 17.6 Å². The number of amides is 1. The number of carbonyl (C=O) groups excluding carboxylic acids is 1. The highest BCUT2D eigenvalue weighted by Crippen LogP contribution is 2.35. The van der Waals surface area contributed by atoms with E-state index in [4.69, 9.17) is 5.73 Å². The Labute approximate surface area is 92.1 Å². The van der Waals surface area contributed by atoms with Gasteiger partial charge in [0.2, 0.25) is 5.91 Å². The molecule has 5 atom stereocenters. The van der Waals surface area contributed by atoms with Crippen molar-refractivity contribution in [1.29, 1.82) is 0 Å². The lowest BCUT2D eigenvalue weighted by Crippen LogP contribution is -2.68. The van der Waals surface area contributed by atoms with Crippen LogP contribution in [0.4, 0.5) is 0 Å². The van der Waals surface area contributed by atoms with Gasteiger partial charge in [0.25, 0.3) is 0 Å². The molecule has 1 aliphatic heterocycles. The van der Waals surface area contributed by atoms with Gasteiger partial charge in [-0.15, -0.1) is 0 Å². The molecule has 0 radical (unpaired) electrons. The number of nitrogens with one attached hydrogen (secondary N) is 2. The maximum Gasteiger partial charge on any atom is 0.228 e. The molecule has 0 aromatic rings. The van der Waals surface area contributed by atoms with Crippen LogP contribution in [0.15, 0.2) is 0 Å². The summed E-state index contributed by atoms with van der Waals surface area (Å²) < 4.78 is 0. The molecule has 1 saturated carbocycles. The summed E-state index contributed by atoms with van der Waals surface area (Å²) in [6.07, 6.45) is 1.80. The molecule has 14 heavy (non-hydrogen) atoms. The Kier molecular flexibility index (Phi) is 2.81. The van der Waals surface area contributed by atoms with E-state index in [0.717, 1.165) is 12.8 Å². The maximum absolute atomic E-state index is 11.7. The highest BCUT2D eigenvalue weighted by Gasteiger charge is 2.43. The molecule has 2 rings (SSSR count). The minimum Gasteiger partial charge on any atom is -0.328 e. The van der Waals surface area contributed by atoms with E-state index in [1.807, 2.05) is 0 Å². The first-order valence-corrected chi connectivity index (χ1v) is 5.97. The van der Waals surface area contributed by atoms with Crippen LogP contribution in [-0.2, 0) is 4.79 Å². The first kappa shape index (κ1) is 10.4. The fourth-order valence-electron chi connectivity index (χ4n) is 2.39. The van der Waals surface area contributed by atoms with E-state index in [1.165, 1.54) is 0 Å².